The second kappa shape index (κ2) is 3.74. The predicted octanol–water partition coefficient (Wildman–Crippen LogP) is 2.39. The van der Waals surface area contributed by atoms with Crippen LogP contribution in [-0.2, 0) is 20.3 Å². The summed E-state index contributed by atoms with van der Waals surface area (Å²) in [5, 5.41) is 0. The first-order valence-corrected chi connectivity index (χ1v) is 6.03. The number of rotatable bonds is 1. The van der Waals surface area contributed by atoms with E-state index in [2.05, 4.69) is 0 Å². The van der Waals surface area contributed by atoms with E-state index in [1.165, 1.54) is 0 Å². The van der Waals surface area contributed by atoms with Crippen molar-refractivity contribution in [3.8, 4) is 0 Å². The van der Waals surface area contributed by atoms with E-state index in [4.69, 9.17) is 14.5 Å². The van der Waals surface area contributed by atoms with Crippen LogP contribution in [0.1, 0.15) is 21.5 Å². The fraction of sp³-hybridized carbons (Fsp3) is 0.133. The molecule has 2 heterocycles. The molecule has 0 saturated carbocycles. The minimum absolute atomic E-state index is 0.209. The molecule has 2 atom stereocenters. The molecule has 0 aromatic heterocycles. The highest BCUT2D eigenvalue weighted by molar-refractivity contribution is 6.01. The number of benzene rings is 2. The number of hydrogen-bond acceptors (Lipinski definition) is 4. The van der Waals surface area contributed by atoms with Crippen LogP contribution >= 0.6 is 0 Å². The average molecular weight is 254 g/mol. The minimum atomic E-state index is -1.14. The molecule has 1 saturated heterocycles. The van der Waals surface area contributed by atoms with Gasteiger partial charge in [0.1, 0.15) is 0 Å². The molecule has 1 fully saturated rings. The predicted molar refractivity (Wildman–Crippen MR) is 65.0 cm³/mol. The number of carbonyl (C=O) groups excluding carboxylic acids is 1. The zero-order valence-electron chi connectivity index (χ0n) is 9.91. The van der Waals surface area contributed by atoms with E-state index in [1.54, 1.807) is 6.07 Å². The summed E-state index contributed by atoms with van der Waals surface area (Å²) in [6, 6.07) is 16.7. The minimum Gasteiger partial charge on any atom is -0.300 e. The lowest BCUT2D eigenvalue weighted by Crippen LogP contribution is -2.38. The topological polar surface area (TPSA) is 44.8 Å². The molecule has 0 N–H and O–H groups in total. The molecule has 19 heavy (non-hydrogen) atoms. The van der Waals surface area contributed by atoms with Crippen LogP contribution in [0.15, 0.2) is 54.6 Å². The molecule has 0 amide bonds. The van der Waals surface area contributed by atoms with Crippen molar-refractivity contribution in [2.24, 2.45) is 0 Å². The molecule has 2 aromatic carbocycles. The summed E-state index contributed by atoms with van der Waals surface area (Å²) < 4.78 is 5.72. The Morgan fingerprint density at radius 3 is 2.53 bits per heavy atom. The van der Waals surface area contributed by atoms with Crippen LogP contribution in [-0.4, -0.2) is 12.1 Å². The molecule has 2 aromatic rings. The van der Waals surface area contributed by atoms with Gasteiger partial charge in [-0.15, -0.1) is 0 Å². The molecule has 94 valence electrons. The van der Waals surface area contributed by atoms with Crippen molar-refractivity contribution in [1.29, 1.82) is 0 Å². The van der Waals surface area contributed by atoms with Crippen molar-refractivity contribution in [2.75, 3.05) is 0 Å². The van der Waals surface area contributed by atoms with Crippen molar-refractivity contribution in [2.45, 2.75) is 12.1 Å². The molecule has 0 aliphatic carbocycles. The van der Waals surface area contributed by atoms with Gasteiger partial charge in [0.05, 0.1) is 0 Å². The van der Waals surface area contributed by atoms with Crippen LogP contribution in [0.25, 0.3) is 0 Å². The molecule has 2 unspecified atom stereocenters. The molecule has 4 rings (SSSR count). The maximum absolute atomic E-state index is 12.1. The van der Waals surface area contributed by atoms with Gasteiger partial charge in [-0.05, 0) is 0 Å². The molecule has 4 nitrogen and oxygen atoms in total. The number of carbonyl (C=O) groups is 1. The fourth-order valence-corrected chi connectivity index (χ4v) is 2.55. The lowest BCUT2D eigenvalue weighted by Gasteiger charge is -2.30. The molecule has 2 aliphatic heterocycles. The van der Waals surface area contributed by atoms with Gasteiger partial charge in [-0.3, -0.25) is 9.53 Å². The highest BCUT2D eigenvalue weighted by Crippen LogP contribution is 2.46. The number of ether oxygens (including phenoxy) is 1. The monoisotopic (exact) mass is 254 g/mol. The Labute approximate surface area is 109 Å². The molecule has 2 aliphatic rings. The van der Waals surface area contributed by atoms with E-state index in [9.17, 15) is 4.79 Å². The van der Waals surface area contributed by atoms with Crippen molar-refractivity contribution in [1.82, 2.24) is 0 Å². The standard InChI is InChI=1S/C15H10O4/c16-13-11-8-4-5-9-12(11)15(17-14(13)18-19-15)10-6-2-1-3-7-10/h1-9,14H. The number of Topliss-reactive ketones (excluding diaryl/α,β-unsaturated/α-hetero) is 1. The fourth-order valence-electron chi connectivity index (χ4n) is 2.55. The van der Waals surface area contributed by atoms with E-state index in [0.29, 0.717) is 11.1 Å². The third-order valence-electron chi connectivity index (χ3n) is 3.44. The van der Waals surface area contributed by atoms with E-state index < -0.39 is 12.1 Å². The average Bonchev–Trinajstić information content (AvgIpc) is 2.89. The van der Waals surface area contributed by atoms with E-state index in [-0.39, 0.29) is 5.78 Å². The third kappa shape index (κ3) is 1.36. The summed E-state index contributed by atoms with van der Waals surface area (Å²) in [4.78, 5) is 22.6. The Morgan fingerprint density at radius 2 is 1.68 bits per heavy atom. The van der Waals surface area contributed by atoms with Crippen molar-refractivity contribution in [3.05, 3.63) is 71.3 Å². The van der Waals surface area contributed by atoms with E-state index in [0.717, 1.165) is 5.56 Å². The van der Waals surface area contributed by atoms with Gasteiger partial charge in [-0.25, -0.2) is 0 Å². The second-order valence-electron chi connectivity index (χ2n) is 4.52. The Hall–Kier alpha value is -2.01. The van der Waals surface area contributed by atoms with Gasteiger partial charge in [0.2, 0.25) is 5.78 Å². The summed E-state index contributed by atoms with van der Waals surface area (Å²) in [7, 11) is 0. The normalized spacial score (nSPS) is 28.2. The summed E-state index contributed by atoms with van der Waals surface area (Å²) in [6.07, 6.45) is -0.991. The summed E-state index contributed by atoms with van der Waals surface area (Å²) >= 11 is 0. The van der Waals surface area contributed by atoms with Gasteiger partial charge in [0, 0.05) is 16.7 Å². The summed E-state index contributed by atoms with van der Waals surface area (Å²) in [5.41, 5.74) is 2.07. The Morgan fingerprint density at radius 1 is 0.947 bits per heavy atom. The molecular weight excluding hydrogens is 244 g/mol. The first-order valence-electron chi connectivity index (χ1n) is 6.03. The van der Waals surface area contributed by atoms with Crippen LogP contribution in [0.2, 0.25) is 0 Å². The third-order valence-corrected chi connectivity index (χ3v) is 3.44. The highest BCUT2D eigenvalue weighted by atomic mass is 17.3. The summed E-state index contributed by atoms with van der Waals surface area (Å²) in [6.45, 7) is 0. The van der Waals surface area contributed by atoms with Crippen molar-refractivity contribution >= 4 is 5.78 Å². The second-order valence-corrected chi connectivity index (χ2v) is 4.52. The van der Waals surface area contributed by atoms with E-state index in [1.807, 2.05) is 48.5 Å². The Balaban J connectivity index is 1.99. The van der Waals surface area contributed by atoms with Gasteiger partial charge in [0.15, 0.2) is 0 Å². The van der Waals surface area contributed by atoms with Crippen LogP contribution < -0.4 is 0 Å². The Bertz CT molecular complexity index is 652. The van der Waals surface area contributed by atoms with Crippen molar-refractivity contribution < 1.29 is 19.3 Å². The molecule has 2 bridgehead atoms. The lowest BCUT2D eigenvalue weighted by atomic mass is 9.89. The van der Waals surface area contributed by atoms with E-state index >= 15 is 0 Å². The van der Waals surface area contributed by atoms with Gasteiger partial charge in [0.25, 0.3) is 12.1 Å². The Kier molecular flexibility index (Phi) is 2.14. The maximum Gasteiger partial charge on any atom is 0.258 e. The van der Waals surface area contributed by atoms with Crippen molar-refractivity contribution in [3.63, 3.8) is 0 Å². The van der Waals surface area contributed by atoms with Crippen LogP contribution in [0, 0.1) is 0 Å². The highest BCUT2D eigenvalue weighted by Gasteiger charge is 2.55. The zero-order valence-corrected chi connectivity index (χ0v) is 9.91. The molecular formula is C15H10O4. The first kappa shape index (κ1) is 10.9. The number of fused-ring (bicyclic) bond motifs is 4. The zero-order chi connectivity index (χ0) is 12.9. The number of hydrogen-bond donors (Lipinski definition) is 0. The quantitative estimate of drug-likeness (QED) is 0.733. The molecule has 4 heteroatoms. The largest absolute Gasteiger partial charge is 0.300 e. The SMILES string of the molecule is O=C1c2ccccc2C2(c3ccccc3)OOC1O2. The lowest BCUT2D eigenvalue weighted by molar-refractivity contribution is -0.316. The van der Waals surface area contributed by atoms with Gasteiger partial charge in [-0.1, -0.05) is 54.6 Å². The van der Waals surface area contributed by atoms with Crippen LogP contribution in [0.4, 0.5) is 0 Å². The van der Waals surface area contributed by atoms with Gasteiger partial charge >= 0.3 is 0 Å². The van der Waals surface area contributed by atoms with Crippen LogP contribution in [0.5, 0.6) is 0 Å². The van der Waals surface area contributed by atoms with Gasteiger partial charge in [-0.2, -0.15) is 9.78 Å². The smallest absolute Gasteiger partial charge is 0.258 e. The maximum atomic E-state index is 12.1. The molecule has 0 radical (unpaired) electrons. The first-order chi connectivity index (χ1) is 9.31. The van der Waals surface area contributed by atoms with Gasteiger partial charge < -0.3 is 0 Å². The van der Waals surface area contributed by atoms with Crippen LogP contribution in [0.3, 0.4) is 0 Å². The molecule has 0 spiro atoms. The number of ketones is 1. The summed E-state index contributed by atoms with van der Waals surface area (Å²) in [5.74, 6) is -1.35.